The third-order valence-corrected chi connectivity index (χ3v) is 2.41. The highest BCUT2D eigenvalue weighted by Crippen LogP contribution is 2.18. The molecule has 0 fully saturated rings. The summed E-state index contributed by atoms with van der Waals surface area (Å²) in [6.45, 7) is 4.68. The highest BCUT2D eigenvalue weighted by molar-refractivity contribution is 5.93. The smallest absolute Gasteiger partial charge is 0.287 e. The van der Waals surface area contributed by atoms with E-state index >= 15 is 0 Å². The lowest BCUT2D eigenvalue weighted by Crippen LogP contribution is -2.27. The average molecular weight is 264 g/mol. The maximum Gasteiger partial charge on any atom is 0.287 e. The molecule has 1 rings (SSSR count). The molecule has 19 heavy (non-hydrogen) atoms. The zero-order valence-corrected chi connectivity index (χ0v) is 10.9. The monoisotopic (exact) mass is 264 g/mol. The summed E-state index contributed by atoms with van der Waals surface area (Å²) in [7, 11) is 0. The Morgan fingerprint density at radius 2 is 2.32 bits per heavy atom. The van der Waals surface area contributed by atoms with Crippen molar-refractivity contribution in [2.24, 2.45) is 5.92 Å². The summed E-state index contributed by atoms with van der Waals surface area (Å²) in [6.07, 6.45) is 1.57. The summed E-state index contributed by atoms with van der Waals surface area (Å²) < 4.78 is 1.57. The second-order valence-corrected chi connectivity index (χ2v) is 4.55. The van der Waals surface area contributed by atoms with Gasteiger partial charge in [0.2, 0.25) is 0 Å². The van der Waals surface area contributed by atoms with Crippen molar-refractivity contribution < 1.29 is 9.72 Å². The van der Waals surface area contributed by atoms with Gasteiger partial charge < -0.3 is 9.88 Å². The Kier molecular flexibility index (Phi) is 5.06. The minimum atomic E-state index is -0.525. The number of nitrogens with one attached hydrogen (secondary N) is 1. The molecule has 1 aromatic rings. The molecule has 0 saturated heterocycles. The first-order valence-electron chi connectivity index (χ1n) is 5.95. The van der Waals surface area contributed by atoms with Gasteiger partial charge in [0.1, 0.15) is 5.69 Å². The summed E-state index contributed by atoms with van der Waals surface area (Å²) >= 11 is 0. The van der Waals surface area contributed by atoms with Gasteiger partial charge in [-0.1, -0.05) is 13.8 Å². The minimum Gasteiger partial charge on any atom is -0.350 e. The van der Waals surface area contributed by atoms with Crippen LogP contribution >= 0.6 is 0 Å². The Balaban J connectivity index is 2.93. The molecule has 0 unspecified atom stereocenters. The van der Waals surface area contributed by atoms with Gasteiger partial charge in [-0.2, -0.15) is 5.26 Å². The summed E-state index contributed by atoms with van der Waals surface area (Å²) in [6, 6.07) is 3.17. The first-order chi connectivity index (χ1) is 8.95. The van der Waals surface area contributed by atoms with E-state index in [2.05, 4.69) is 5.32 Å². The van der Waals surface area contributed by atoms with Gasteiger partial charge in [0, 0.05) is 19.2 Å². The fraction of sp³-hybridized carbons (Fsp3) is 0.500. The van der Waals surface area contributed by atoms with Crippen LogP contribution in [0.15, 0.2) is 12.3 Å². The zero-order chi connectivity index (χ0) is 14.4. The van der Waals surface area contributed by atoms with Crippen molar-refractivity contribution in [2.45, 2.75) is 26.8 Å². The van der Waals surface area contributed by atoms with Gasteiger partial charge in [0.25, 0.3) is 11.6 Å². The molecule has 7 nitrogen and oxygen atoms in total. The molecule has 0 atom stereocenters. The molecule has 0 spiro atoms. The fourth-order valence-electron chi connectivity index (χ4n) is 1.65. The van der Waals surface area contributed by atoms with E-state index in [4.69, 9.17) is 5.26 Å². The molecule has 0 radical (unpaired) electrons. The van der Waals surface area contributed by atoms with Gasteiger partial charge in [-0.15, -0.1) is 0 Å². The van der Waals surface area contributed by atoms with Gasteiger partial charge >= 0.3 is 0 Å². The molecule has 0 aliphatic rings. The van der Waals surface area contributed by atoms with Gasteiger partial charge in [-0.05, 0) is 5.92 Å². The molecular formula is C12H16N4O3. The molecule has 0 aliphatic carbocycles. The topological polar surface area (TPSA) is 101 Å². The molecule has 0 aliphatic heterocycles. The average Bonchev–Trinajstić information content (AvgIpc) is 2.72. The van der Waals surface area contributed by atoms with E-state index in [0.717, 1.165) is 0 Å². The SMILES string of the molecule is CC(C)Cn1cc([N+](=O)[O-])cc1C(=O)NCCC#N. The fourth-order valence-corrected chi connectivity index (χ4v) is 1.65. The Morgan fingerprint density at radius 1 is 1.63 bits per heavy atom. The van der Waals surface area contributed by atoms with E-state index in [1.165, 1.54) is 12.3 Å². The summed E-state index contributed by atoms with van der Waals surface area (Å²) in [5.41, 5.74) is 0.143. The second-order valence-electron chi connectivity index (χ2n) is 4.55. The maximum absolute atomic E-state index is 11.9. The van der Waals surface area contributed by atoms with E-state index in [1.807, 2.05) is 19.9 Å². The molecule has 7 heteroatoms. The van der Waals surface area contributed by atoms with Crippen LogP contribution in [-0.2, 0) is 6.54 Å². The number of nitro groups is 1. The van der Waals surface area contributed by atoms with Crippen molar-refractivity contribution >= 4 is 11.6 Å². The van der Waals surface area contributed by atoms with Crippen LogP contribution in [-0.4, -0.2) is 21.9 Å². The Labute approximate surface area is 111 Å². The molecule has 1 N–H and O–H groups in total. The molecule has 1 aromatic heterocycles. The summed E-state index contributed by atoms with van der Waals surface area (Å²) in [5.74, 6) is -0.137. The van der Waals surface area contributed by atoms with E-state index in [1.54, 1.807) is 4.57 Å². The third kappa shape index (κ3) is 4.10. The van der Waals surface area contributed by atoms with E-state index in [9.17, 15) is 14.9 Å². The lowest BCUT2D eigenvalue weighted by molar-refractivity contribution is -0.384. The molecule has 102 valence electrons. The quantitative estimate of drug-likeness (QED) is 0.480. The number of rotatable bonds is 6. The number of amides is 1. The molecule has 0 bridgehead atoms. The standard InChI is InChI=1S/C12H16N4O3/c1-9(2)7-15-8-10(16(18)19)6-11(15)12(17)14-5-3-4-13/h6,8-9H,3,5,7H2,1-2H3,(H,14,17). The minimum absolute atomic E-state index is 0.105. The highest BCUT2D eigenvalue weighted by Gasteiger charge is 2.19. The number of nitriles is 1. The van der Waals surface area contributed by atoms with Gasteiger partial charge in [-0.25, -0.2) is 0 Å². The van der Waals surface area contributed by atoms with Crippen LogP contribution in [0.2, 0.25) is 0 Å². The predicted molar refractivity (Wildman–Crippen MR) is 68.5 cm³/mol. The molecule has 1 amide bonds. The number of carbonyl (C=O) groups excluding carboxylic acids is 1. The molecule has 0 saturated carbocycles. The normalized spacial score (nSPS) is 10.2. The molecule has 1 heterocycles. The molecule has 0 aromatic carbocycles. The van der Waals surface area contributed by atoms with Crippen LogP contribution in [0.3, 0.4) is 0 Å². The second kappa shape index (κ2) is 6.54. The van der Waals surface area contributed by atoms with Crippen molar-refractivity contribution in [3.8, 4) is 6.07 Å². The van der Waals surface area contributed by atoms with Crippen molar-refractivity contribution in [3.63, 3.8) is 0 Å². The van der Waals surface area contributed by atoms with Gasteiger partial charge in [0.15, 0.2) is 0 Å². The summed E-state index contributed by atoms with van der Waals surface area (Å²) in [4.78, 5) is 22.1. The van der Waals surface area contributed by atoms with E-state index in [0.29, 0.717) is 6.54 Å². The van der Waals surface area contributed by atoms with E-state index < -0.39 is 10.8 Å². The van der Waals surface area contributed by atoms with Gasteiger partial charge in [-0.3, -0.25) is 14.9 Å². The van der Waals surface area contributed by atoms with E-state index in [-0.39, 0.29) is 30.3 Å². The highest BCUT2D eigenvalue weighted by atomic mass is 16.6. The van der Waals surface area contributed by atoms with Crippen LogP contribution in [0.5, 0.6) is 0 Å². The van der Waals surface area contributed by atoms with Crippen LogP contribution in [0, 0.1) is 27.4 Å². The number of hydrogen-bond donors (Lipinski definition) is 1. The molecular weight excluding hydrogens is 248 g/mol. The number of carbonyl (C=O) groups is 1. The van der Waals surface area contributed by atoms with Crippen molar-refractivity contribution in [3.05, 3.63) is 28.1 Å². The Bertz CT molecular complexity index is 514. The number of aromatic nitrogens is 1. The number of nitrogens with zero attached hydrogens (tertiary/aromatic N) is 3. The predicted octanol–water partition coefficient (Wildman–Crippen LogP) is 1.70. The van der Waals surface area contributed by atoms with Crippen LogP contribution in [0.1, 0.15) is 30.8 Å². The van der Waals surface area contributed by atoms with Crippen molar-refractivity contribution in [1.29, 1.82) is 5.26 Å². The summed E-state index contributed by atoms with van der Waals surface area (Å²) in [5, 5.41) is 21.7. The third-order valence-electron chi connectivity index (χ3n) is 2.41. The van der Waals surface area contributed by atoms with Crippen LogP contribution in [0.25, 0.3) is 0 Å². The largest absolute Gasteiger partial charge is 0.350 e. The Hall–Kier alpha value is -2.36. The van der Waals surface area contributed by atoms with Gasteiger partial charge in [0.05, 0.1) is 23.6 Å². The van der Waals surface area contributed by atoms with Crippen molar-refractivity contribution in [2.75, 3.05) is 6.54 Å². The first kappa shape index (κ1) is 14.7. The Morgan fingerprint density at radius 3 is 2.84 bits per heavy atom. The van der Waals surface area contributed by atoms with Crippen LogP contribution < -0.4 is 5.32 Å². The first-order valence-corrected chi connectivity index (χ1v) is 5.95. The van der Waals surface area contributed by atoms with Crippen molar-refractivity contribution in [1.82, 2.24) is 9.88 Å². The lowest BCUT2D eigenvalue weighted by Gasteiger charge is -2.10. The zero-order valence-electron chi connectivity index (χ0n) is 10.9. The van der Waals surface area contributed by atoms with Crippen LogP contribution in [0.4, 0.5) is 5.69 Å². The lowest BCUT2D eigenvalue weighted by atomic mass is 10.2. The number of hydrogen-bond acceptors (Lipinski definition) is 4. The maximum atomic E-state index is 11.9.